The van der Waals surface area contributed by atoms with Gasteiger partial charge in [-0.15, -0.1) is 0 Å². The number of carbonyl (C=O) groups is 1. The summed E-state index contributed by atoms with van der Waals surface area (Å²) >= 11 is 0. The first-order chi connectivity index (χ1) is 13.5. The number of benzene rings is 3. The molecule has 0 unspecified atom stereocenters. The molecule has 0 fully saturated rings. The zero-order valence-electron chi connectivity index (χ0n) is 15.5. The Morgan fingerprint density at radius 2 is 1.54 bits per heavy atom. The van der Waals surface area contributed by atoms with E-state index < -0.39 is 4.92 Å². The van der Waals surface area contributed by atoms with Gasteiger partial charge in [0.15, 0.2) is 0 Å². The Bertz CT molecular complexity index is 939. The van der Waals surface area contributed by atoms with E-state index in [4.69, 9.17) is 0 Å². The molecule has 2 N–H and O–H groups in total. The van der Waals surface area contributed by atoms with Crippen molar-refractivity contribution in [2.45, 2.75) is 13.0 Å². The molecule has 0 aliphatic carbocycles. The SMILES string of the molecule is Cc1ccc([C@H](NCC(=O)Nc2ccc([N+](=O)[O-])cc2)c2ccccc2)cc1. The lowest BCUT2D eigenvalue weighted by Gasteiger charge is -2.20. The van der Waals surface area contributed by atoms with E-state index in [-0.39, 0.29) is 24.2 Å². The largest absolute Gasteiger partial charge is 0.325 e. The van der Waals surface area contributed by atoms with Crippen molar-refractivity contribution in [2.75, 3.05) is 11.9 Å². The van der Waals surface area contributed by atoms with Crippen LogP contribution in [0.1, 0.15) is 22.7 Å². The Balaban J connectivity index is 1.68. The molecule has 6 heteroatoms. The van der Waals surface area contributed by atoms with E-state index in [9.17, 15) is 14.9 Å². The molecule has 1 amide bonds. The minimum atomic E-state index is -0.473. The van der Waals surface area contributed by atoms with Gasteiger partial charge in [-0.2, -0.15) is 0 Å². The predicted molar refractivity (Wildman–Crippen MR) is 109 cm³/mol. The number of anilines is 1. The van der Waals surface area contributed by atoms with Crippen molar-refractivity contribution < 1.29 is 9.72 Å². The van der Waals surface area contributed by atoms with Crippen LogP contribution in [0.2, 0.25) is 0 Å². The van der Waals surface area contributed by atoms with Gasteiger partial charge in [0.1, 0.15) is 0 Å². The molecule has 0 saturated carbocycles. The molecule has 0 saturated heterocycles. The Labute approximate surface area is 163 Å². The van der Waals surface area contributed by atoms with Gasteiger partial charge in [-0.3, -0.25) is 20.2 Å². The molecule has 0 aliphatic heterocycles. The minimum Gasteiger partial charge on any atom is -0.325 e. The molecule has 0 aliphatic rings. The molecule has 28 heavy (non-hydrogen) atoms. The van der Waals surface area contributed by atoms with Gasteiger partial charge >= 0.3 is 0 Å². The maximum absolute atomic E-state index is 12.3. The predicted octanol–water partition coefficient (Wildman–Crippen LogP) is 4.22. The van der Waals surface area contributed by atoms with E-state index in [1.165, 1.54) is 29.8 Å². The Kier molecular flexibility index (Phi) is 6.14. The van der Waals surface area contributed by atoms with Gasteiger partial charge in [-0.1, -0.05) is 60.2 Å². The highest BCUT2D eigenvalue weighted by Gasteiger charge is 2.15. The average Bonchev–Trinajstić information content (AvgIpc) is 2.70. The first kappa shape index (κ1) is 19.3. The molecule has 6 nitrogen and oxygen atoms in total. The Morgan fingerprint density at radius 3 is 2.14 bits per heavy atom. The summed E-state index contributed by atoms with van der Waals surface area (Å²) in [6.45, 7) is 2.14. The zero-order chi connectivity index (χ0) is 19.9. The molecular formula is C22H21N3O3. The zero-order valence-corrected chi connectivity index (χ0v) is 15.5. The lowest BCUT2D eigenvalue weighted by atomic mass is 9.98. The third-order valence-corrected chi connectivity index (χ3v) is 4.37. The third-order valence-electron chi connectivity index (χ3n) is 4.37. The first-order valence-corrected chi connectivity index (χ1v) is 8.92. The normalized spacial score (nSPS) is 11.6. The summed E-state index contributed by atoms with van der Waals surface area (Å²) in [7, 11) is 0. The molecule has 0 radical (unpaired) electrons. The van der Waals surface area contributed by atoms with Gasteiger partial charge in [-0.25, -0.2) is 0 Å². The summed E-state index contributed by atoms with van der Waals surface area (Å²) in [5.74, 6) is -0.220. The topological polar surface area (TPSA) is 84.3 Å². The number of nitro benzene ring substituents is 1. The van der Waals surface area contributed by atoms with Crippen LogP contribution in [0.15, 0.2) is 78.9 Å². The van der Waals surface area contributed by atoms with Crippen LogP contribution >= 0.6 is 0 Å². The average molecular weight is 375 g/mol. The first-order valence-electron chi connectivity index (χ1n) is 8.92. The van der Waals surface area contributed by atoms with Gasteiger partial charge in [0, 0.05) is 17.8 Å². The molecule has 3 aromatic carbocycles. The van der Waals surface area contributed by atoms with E-state index in [2.05, 4.69) is 10.6 Å². The van der Waals surface area contributed by atoms with Gasteiger partial charge < -0.3 is 5.32 Å². The van der Waals surface area contributed by atoms with E-state index in [1.54, 1.807) is 0 Å². The van der Waals surface area contributed by atoms with Crippen LogP contribution in [0, 0.1) is 17.0 Å². The summed E-state index contributed by atoms with van der Waals surface area (Å²) in [5, 5.41) is 16.8. The molecule has 142 valence electrons. The highest BCUT2D eigenvalue weighted by atomic mass is 16.6. The smallest absolute Gasteiger partial charge is 0.269 e. The number of nitro groups is 1. The maximum atomic E-state index is 12.3. The Morgan fingerprint density at radius 1 is 0.929 bits per heavy atom. The summed E-state index contributed by atoms with van der Waals surface area (Å²) in [5.41, 5.74) is 3.81. The number of nitrogens with zero attached hydrogens (tertiary/aromatic N) is 1. The van der Waals surface area contributed by atoms with Gasteiger partial charge in [0.25, 0.3) is 5.69 Å². The molecule has 0 bridgehead atoms. The number of nitrogens with one attached hydrogen (secondary N) is 2. The van der Waals surface area contributed by atoms with Crippen molar-refractivity contribution >= 4 is 17.3 Å². The van der Waals surface area contributed by atoms with Crippen LogP contribution in [-0.2, 0) is 4.79 Å². The third kappa shape index (κ3) is 5.02. The molecule has 0 heterocycles. The molecule has 3 aromatic rings. The van der Waals surface area contributed by atoms with Crippen molar-refractivity contribution in [1.29, 1.82) is 0 Å². The van der Waals surface area contributed by atoms with Gasteiger partial charge in [0.2, 0.25) is 5.91 Å². The fraction of sp³-hybridized carbons (Fsp3) is 0.136. The van der Waals surface area contributed by atoms with Crippen LogP contribution in [0.4, 0.5) is 11.4 Å². The summed E-state index contributed by atoms with van der Waals surface area (Å²) in [6, 6.07) is 23.8. The van der Waals surface area contributed by atoms with Crippen molar-refractivity contribution in [1.82, 2.24) is 5.32 Å². The fourth-order valence-corrected chi connectivity index (χ4v) is 2.90. The van der Waals surface area contributed by atoms with Crippen LogP contribution in [-0.4, -0.2) is 17.4 Å². The lowest BCUT2D eigenvalue weighted by Crippen LogP contribution is -2.31. The molecule has 0 aromatic heterocycles. The lowest BCUT2D eigenvalue weighted by molar-refractivity contribution is -0.384. The van der Waals surface area contributed by atoms with Gasteiger partial charge in [0.05, 0.1) is 17.5 Å². The number of non-ortho nitro benzene ring substituents is 1. The fourth-order valence-electron chi connectivity index (χ4n) is 2.90. The van der Waals surface area contributed by atoms with Crippen LogP contribution in [0.3, 0.4) is 0 Å². The highest BCUT2D eigenvalue weighted by molar-refractivity contribution is 5.92. The standard InChI is InChI=1S/C22H21N3O3/c1-16-7-9-18(10-8-16)22(17-5-3-2-4-6-17)23-15-21(26)24-19-11-13-20(14-12-19)25(27)28/h2-14,22-23H,15H2,1H3,(H,24,26)/t22-/m1/s1. The molecule has 1 atom stereocenters. The maximum Gasteiger partial charge on any atom is 0.269 e. The number of amides is 1. The Hall–Kier alpha value is -3.51. The van der Waals surface area contributed by atoms with Crippen LogP contribution in [0.25, 0.3) is 0 Å². The quantitative estimate of drug-likeness (QED) is 0.478. The summed E-state index contributed by atoms with van der Waals surface area (Å²) < 4.78 is 0. The second kappa shape index (κ2) is 8.92. The van der Waals surface area contributed by atoms with E-state index in [1.807, 2.05) is 61.5 Å². The molecular weight excluding hydrogens is 354 g/mol. The van der Waals surface area contributed by atoms with E-state index >= 15 is 0 Å². The molecule has 0 spiro atoms. The number of carbonyl (C=O) groups excluding carboxylic acids is 1. The highest BCUT2D eigenvalue weighted by Crippen LogP contribution is 2.22. The van der Waals surface area contributed by atoms with Crippen molar-refractivity contribution in [3.8, 4) is 0 Å². The molecule has 3 rings (SSSR count). The number of rotatable bonds is 7. The number of hydrogen-bond acceptors (Lipinski definition) is 4. The van der Waals surface area contributed by atoms with Gasteiger partial charge in [-0.05, 0) is 30.2 Å². The monoisotopic (exact) mass is 375 g/mol. The second-order valence-electron chi connectivity index (χ2n) is 6.49. The minimum absolute atomic E-state index is 0.0142. The van der Waals surface area contributed by atoms with E-state index in [0.29, 0.717) is 5.69 Å². The summed E-state index contributed by atoms with van der Waals surface area (Å²) in [4.78, 5) is 22.6. The van der Waals surface area contributed by atoms with Crippen molar-refractivity contribution in [3.05, 3.63) is 106 Å². The van der Waals surface area contributed by atoms with Crippen molar-refractivity contribution in [3.63, 3.8) is 0 Å². The summed E-state index contributed by atoms with van der Waals surface area (Å²) in [6.07, 6.45) is 0. The number of aryl methyl sites for hydroxylation is 1. The van der Waals surface area contributed by atoms with Crippen molar-refractivity contribution in [2.24, 2.45) is 0 Å². The number of hydrogen-bond donors (Lipinski definition) is 2. The van der Waals surface area contributed by atoms with Crippen LogP contribution in [0.5, 0.6) is 0 Å². The second-order valence-corrected chi connectivity index (χ2v) is 6.49. The van der Waals surface area contributed by atoms with Crippen LogP contribution < -0.4 is 10.6 Å². The van der Waals surface area contributed by atoms with E-state index in [0.717, 1.165) is 11.1 Å².